The number of benzene rings is 2. The molecule has 164 valence electrons. The summed E-state index contributed by atoms with van der Waals surface area (Å²) < 4.78 is 18.2. The Balaban J connectivity index is 1.37. The van der Waals surface area contributed by atoms with E-state index in [4.69, 9.17) is 4.74 Å². The first kappa shape index (κ1) is 21.2. The van der Waals surface area contributed by atoms with Crippen LogP contribution in [0.4, 0.5) is 4.39 Å². The zero-order valence-corrected chi connectivity index (χ0v) is 17.3. The second-order valence-corrected chi connectivity index (χ2v) is 7.14. The highest BCUT2D eigenvalue weighted by atomic mass is 19.1. The molecule has 0 aliphatic carbocycles. The summed E-state index contributed by atoms with van der Waals surface area (Å²) in [6, 6.07) is 13.1. The first-order valence-electron chi connectivity index (χ1n) is 9.98. The largest absolute Gasteiger partial charge is 0.497 e. The molecule has 2 aromatic carbocycles. The van der Waals surface area contributed by atoms with Crippen LogP contribution in [-0.2, 0) is 22.7 Å². The van der Waals surface area contributed by atoms with Crippen LogP contribution in [0.25, 0.3) is 11.4 Å². The van der Waals surface area contributed by atoms with Crippen molar-refractivity contribution in [1.29, 1.82) is 0 Å². The molecule has 0 bridgehead atoms. The van der Waals surface area contributed by atoms with Gasteiger partial charge in [0.25, 0.3) is 5.91 Å². The fraction of sp³-hybridized carbons (Fsp3) is 0.227. The molecule has 9 nitrogen and oxygen atoms in total. The number of carbonyl (C=O) groups excluding carboxylic acids is 2. The van der Waals surface area contributed by atoms with Crippen LogP contribution in [0.3, 0.4) is 0 Å². The second kappa shape index (κ2) is 9.38. The third-order valence-corrected chi connectivity index (χ3v) is 4.91. The van der Waals surface area contributed by atoms with Gasteiger partial charge in [-0.15, -0.1) is 0 Å². The average molecular weight is 436 g/mol. The van der Waals surface area contributed by atoms with E-state index >= 15 is 0 Å². The summed E-state index contributed by atoms with van der Waals surface area (Å²) in [5, 5.41) is 15.2. The molecule has 4 rings (SSSR count). The van der Waals surface area contributed by atoms with Crippen molar-refractivity contribution in [3.8, 4) is 17.1 Å². The lowest BCUT2D eigenvalue weighted by atomic mass is 10.1. The molecule has 0 fully saturated rings. The average Bonchev–Trinajstić information content (AvgIpc) is 3.29. The van der Waals surface area contributed by atoms with Gasteiger partial charge in [0.15, 0.2) is 5.82 Å². The molecule has 3 aromatic rings. The fourth-order valence-corrected chi connectivity index (χ4v) is 3.16. The van der Waals surface area contributed by atoms with Crippen molar-refractivity contribution in [2.75, 3.05) is 7.11 Å². The minimum atomic E-state index is -0.385. The van der Waals surface area contributed by atoms with Crippen LogP contribution in [0.1, 0.15) is 24.2 Å². The van der Waals surface area contributed by atoms with E-state index in [1.165, 1.54) is 17.1 Å². The molecule has 1 aliphatic rings. The highest BCUT2D eigenvalue weighted by Crippen LogP contribution is 2.19. The van der Waals surface area contributed by atoms with Gasteiger partial charge in [-0.05, 0) is 42.0 Å². The van der Waals surface area contributed by atoms with E-state index in [-0.39, 0.29) is 49.3 Å². The monoisotopic (exact) mass is 436 g/mol. The minimum absolute atomic E-state index is 0.132. The van der Waals surface area contributed by atoms with Crippen LogP contribution in [0.15, 0.2) is 53.6 Å². The predicted octanol–water partition coefficient (Wildman–Crippen LogP) is 2.41. The van der Waals surface area contributed by atoms with Gasteiger partial charge in [0.1, 0.15) is 23.1 Å². The van der Waals surface area contributed by atoms with Gasteiger partial charge in [-0.2, -0.15) is 10.2 Å². The normalized spacial score (nSPS) is 13.6. The molecule has 0 unspecified atom stereocenters. The molecule has 2 N–H and O–H groups in total. The Bertz CT molecular complexity index is 1140. The first-order valence-corrected chi connectivity index (χ1v) is 9.98. The molecule has 0 saturated carbocycles. The Kier molecular flexibility index (Phi) is 6.20. The highest BCUT2D eigenvalue weighted by Gasteiger charge is 2.24. The topological polar surface area (TPSA) is 113 Å². The molecule has 2 amide bonds. The number of methoxy groups -OCH3 is 1. The molecule has 0 radical (unpaired) electrons. The van der Waals surface area contributed by atoms with Gasteiger partial charge in [0, 0.05) is 18.4 Å². The number of H-pyrrole nitrogens is 1. The smallest absolute Gasteiger partial charge is 0.267 e. The number of ether oxygens (including phenoxy) is 1. The lowest BCUT2D eigenvalue weighted by molar-refractivity contribution is -0.132. The first-order chi connectivity index (χ1) is 15.5. The Morgan fingerprint density at radius 3 is 2.62 bits per heavy atom. The summed E-state index contributed by atoms with van der Waals surface area (Å²) in [5.74, 6) is 0.791. The van der Waals surface area contributed by atoms with Crippen molar-refractivity contribution < 1.29 is 18.7 Å². The molecule has 10 heteroatoms. The Morgan fingerprint density at radius 2 is 1.91 bits per heavy atom. The SMILES string of the molecule is COc1ccc(-c2n[nH]c(CNC(=O)C3=NN(Cc4ccc(F)cc4)C(=O)CC3)n2)cc1. The van der Waals surface area contributed by atoms with E-state index in [9.17, 15) is 14.0 Å². The number of nitrogens with one attached hydrogen (secondary N) is 2. The number of amides is 2. The maximum absolute atomic E-state index is 13.1. The lowest BCUT2D eigenvalue weighted by Gasteiger charge is -2.23. The third-order valence-electron chi connectivity index (χ3n) is 4.91. The van der Waals surface area contributed by atoms with Crippen LogP contribution in [-0.4, -0.2) is 44.8 Å². The molecule has 32 heavy (non-hydrogen) atoms. The summed E-state index contributed by atoms with van der Waals surface area (Å²) in [5.41, 5.74) is 1.78. The molecule has 0 spiro atoms. The number of halogens is 1. The standard InChI is InChI=1S/C22H21FN6O3/c1-32-17-8-4-15(5-9-17)21-25-19(26-27-21)12-24-22(31)18-10-11-20(30)29(28-18)13-14-2-6-16(23)7-3-14/h2-9H,10-13H2,1H3,(H,24,31)(H,25,26,27). The van der Waals surface area contributed by atoms with Crippen molar-refractivity contribution >= 4 is 17.5 Å². The summed E-state index contributed by atoms with van der Waals surface area (Å²) in [6.45, 7) is 0.302. The van der Waals surface area contributed by atoms with Gasteiger partial charge >= 0.3 is 0 Å². The number of hydrogen-bond acceptors (Lipinski definition) is 6. The van der Waals surface area contributed by atoms with Gasteiger partial charge in [-0.3, -0.25) is 14.7 Å². The molecule has 0 saturated heterocycles. The number of carbonyl (C=O) groups is 2. The number of rotatable bonds is 7. The quantitative estimate of drug-likeness (QED) is 0.591. The fourth-order valence-electron chi connectivity index (χ4n) is 3.16. The number of hydrogen-bond donors (Lipinski definition) is 2. The minimum Gasteiger partial charge on any atom is -0.497 e. The molecule has 2 heterocycles. The molecular formula is C22H21FN6O3. The third kappa shape index (κ3) is 4.97. The summed E-state index contributed by atoms with van der Waals surface area (Å²) in [7, 11) is 1.59. The van der Waals surface area contributed by atoms with Crippen molar-refractivity contribution in [2.24, 2.45) is 5.10 Å². The van der Waals surface area contributed by atoms with Gasteiger partial charge in [-0.25, -0.2) is 14.4 Å². The van der Waals surface area contributed by atoms with Gasteiger partial charge in [0.05, 0.1) is 20.2 Å². The van der Waals surface area contributed by atoms with Crippen LogP contribution < -0.4 is 10.1 Å². The van der Waals surface area contributed by atoms with E-state index in [0.717, 1.165) is 16.9 Å². The van der Waals surface area contributed by atoms with Crippen molar-refractivity contribution in [1.82, 2.24) is 25.5 Å². The van der Waals surface area contributed by atoms with E-state index in [2.05, 4.69) is 25.6 Å². The molecule has 0 atom stereocenters. The van der Waals surface area contributed by atoms with E-state index in [1.54, 1.807) is 19.2 Å². The zero-order chi connectivity index (χ0) is 22.5. The number of hydrazone groups is 1. The Morgan fingerprint density at radius 1 is 1.16 bits per heavy atom. The molecular weight excluding hydrogens is 415 g/mol. The summed E-state index contributed by atoms with van der Waals surface area (Å²) in [6.07, 6.45) is 0.426. The number of aromatic nitrogens is 3. The predicted molar refractivity (Wildman–Crippen MR) is 114 cm³/mol. The van der Waals surface area contributed by atoms with E-state index in [0.29, 0.717) is 11.6 Å². The van der Waals surface area contributed by atoms with Crippen LogP contribution in [0, 0.1) is 5.82 Å². The molecule has 1 aromatic heterocycles. The lowest BCUT2D eigenvalue weighted by Crippen LogP contribution is -2.38. The van der Waals surface area contributed by atoms with Crippen LogP contribution in [0.5, 0.6) is 5.75 Å². The Labute approximate surface area is 183 Å². The number of aromatic amines is 1. The van der Waals surface area contributed by atoms with Crippen molar-refractivity contribution in [3.05, 3.63) is 65.7 Å². The zero-order valence-electron chi connectivity index (χ0n) is 17.3. The van der Waals surface area contributed by atoms with Gasteiger partial charge in [0.2, 0.25) is 5.91 Å². The van der Waals surface area contributed by atoms with Gasteiger partial charge in [-0.1, -0.05) is 12.1 Å². The van der Waals surface area contributed by atoms with Crippen LogP contribution in [0.2, 0.25) is 0 Å². The summed E-state index contributed by atoms with van der Waals surface area (Å²) in [4.78, 5) is 29.1. The molecule has 1 aliphatic heterocycles. The maximum atomic E-state index is 13.1. The maximum Gasteiger partial charge on any atom is 0.267 e. The second-order valence-electron chi connectivity index (χ2n) is 7.14. The van der Waals surface area contributed by atoms with E-state index in [1.807, 2.05) is 24.3 Å². The van der Waals surface area contributed by atoms with Gasteiger partial charge < -0.3 is 10.1 Å². The Hall–Kier alpha value is -4.08. The number of nitrogens with zero attached hydrogens (tertiary/aromatic N) is 4. The highest BCUT2D eigenvalue weighted by molar-refractivity contribution is 6.39. The van der Waals surface area contributed by atoms with Crippen molar-refractivity contribution in [2.45, 2.75) is 25.9 Å². The van der Waals surface area contributed by atoms with E-state index < -0.39 is 0 Å². The summed E-state index contributed by atoms with van der Waals surface area (Å²) >= 11 is 0. The van der Waals surface area contributed by atoms with Crippen LogP contribution >= 0.6 is 0 Å². The van der Waals surface area contributed by atoms with Crippen molar-refractivity contribution in [3.63, 3.8) is 0 Å².